The van der Waals surface area contributed by atoms with E-state index in [1.54, 1.807) is 12.3 Å². The number of carbonyl (C=O) groups excluding carboxylic acids is 1. The number of amides is 1. The summed E-state index contributed by atoms with van der Waals surface area (Å²) in [5.41, 5.74) is 0.544. The molecule has 6 heteroatoms. The molecule has 3 aliphatic heterocycles. The van der Waals surface area contributed by atoms with E-state index in [2.05, 4.69) is 4.98 Å². The summed E-state index contributed by atoms with van der Waals surface area (Å²) in [4.78, 5) is 18.5. The van der Waals surface area contributed by atoms with Crippen molar-refractivity contribution in [3.8, 4) is 0 Å². The summed E-state index contributed by atoms with van der Waals surface area (Å²) >= 11 is 1.98. The minimum Gasteiger partial charge on any atom is -0.381 e. The van der Waals surface area contributed by atoms with Crippen molar-refractivity contribution in [3.05, 3.63) is 30.1 Å². The standard InChI is InChI=1S/C18H24N2O3S/c21-17(16-3-1-2-6-19-16)20-12-18(13-20)9-15(11-24-18)23-10-14-4-7-22-8-5-14/h1-3,6,14-15H,4-5,7-13H2/t15-/m0/s1. The summed E-state index contributed by atoms with van der Waals surface area (Å²) in [5, 5.41) is 0. The Morgan fingerprint density at radius 3 is 2.96 bits per heavy atom. The third kappa shape index (κ3) is 3.46. The zero-order valence-electron chi connectivity index (χ0n) is 13.9. The second kappa shape index (κ2) is 7.02. The van der Waals surface area contributed by atoms with Crippen molar-refractivity contribution in [2.45, 2.75) is 30.1 Å². The highest BCUT2D eigenvalue weighted by Gasteiger charge is 2.51. The van der Waals surface area contributed by atoms with Crippen molar-refractivity contribution in [1.82, 2.24) is 9.88 Å². The smallest absolute Gasteiger partial charge is 0.272 e. The molecule has 1 aromatic heterocycles. The summed E-state index contributed by atoms with van der Waals surface area (Å²) in [6, 6.07) is 5.48. The highest BCUT2D eigenvalue weighted by atomic mass is 32.2. The Bertz CT molecular complexity index is 571. The van der Waals surface area contributed by atoms with Gasteiger partial charge in [-0.15, -0.1) is 11.8 Å². The first-order chi connectivity index (χ1) is 11.7. The fraction of sp³-hybridized carbons (Fsp3) is 0.667. The van der Waals surface area contributed by atoms with Crippen LogP contribution >= 0.6 is 11.8 Å². The van der Waals surface area contributed by atoms with Gasteiger partial charge in [-0.05, 0) is 37.3 Å². The van der Waals surface area contributed by atoms with E-state index >= 15 is 0 Å². The largest absolute Gasteiger partial charge is 0.381 e. The van der Waals surface area contributed by atoms with Crippen LogP contribution < -0.4 is 0 Å². The van der Waals surface area contributed by atoms with E-state index in [1.165, 1.54) is 0 Å². The summed E-state index contributed by atoms with van der Waals surface area (Å²) in [6.07, 6.45) is 5.32. The average molecular weight is 348 g/mol. The highest BCUT2D eigenvalue weighted by molar-refractivity contribution is 8.01. The van der Waals surface area contributed by atoms with Gasteiger partial charge in [0.15, 0.2) is 0 Å². The summed E-state index contributed by atoms with van der Waals surface area (Å²) < 4.78 is 11.8. The Morgan fingerprint density at radius 2 is 2.21 bits per heavy atom. The van der Waals surface area contributed by atoms with Crippen LogP contribution in [0.2, 0.25) is 0 Å². The molecule has 3 fully saturated rings. The number of thioether (sulfide) groups is 1. The Kier molecular flexibility index (Phi) is 4.79. The van der Waals surface area contributed by atoms with Crippen LogP contribution in [0.4, 0.5) is 0 Å². The topological polar surface area (TPSA) is 51.7 Å². The third-order valence-electron chi connectivity index (χ3n) is 5.21. The van der Waals surface area contributed by atoms with Crippen molar-refractivity contribution in [2.75, 3.05) is 38.7 Å². The van der Waals surface area contributed by atoms with E-state index in [-0.39, 0.29) is 10.7 Å². The molecule has 0 bridgehead atoms. The summed E-state index contributed by atoms with van der Waals surface area (Å²) in [7, 11) is 0. The molecule has 24 heavy (non-hydrogen) atoms. The van der Waals surface area contributed by atoms with Gasteiger partial charge in [-0.2, -0.15) is 0 Å². The minimum absolute atomic E-state index is 0.0494. The van der Waals surface area contributed by atoms with Crippen LogP contribution in [0.3, 0.4) is 0 Å². The lowest BCUT2D eigenvalue weighted by Gasteiger charge is -2.47. The molecule has 0 unspecified atom stereocenters. The van der Waals surface area contributed by atoms with Gasteiger partial charge in [-0.25, -0.2) is 0 Å². The van der Waals surface area contributed by atoms with Gasteiger partial charge in [0, 0.05) is 44.9 Å². The Balaban J connectivity index is 1.23. The van der Waals surface area contributed by atoms with Crippen LogP contribution in [0.15, 0.2) is 24.4 Å². The molecule has 4 heterocycles. The maximum absolute atomic E-state index is 12.4. The molecule has 3 saturated heterocycles. The maximum atomic E-state index is 12.4. The van der Waals surface area contributed by atoms with Gasteiger partial charge in [-0.3, -0.25) is 9.78 Å². The molecule has 1 aromatic rings. The van der Waals surface area contributed by atoms with E-state index in [1.807, 2.05) is 28.8 Å². The molecule has 1 amide bonds. The number of hydrogen-bond acceptors (Lipinski definition) is 5. The Hall–Kier alpha value is -1.11. The number of carbonyl (C=O) groups is 1. The van der Waals surface area contributed by atoms with Gasteiger partial charge in [0.05, 0.1) is 10.9 Å². The fourth-order valence-corrected chi connectivity index (χ4v) is 5.31. The fourth-order valence-electron chi connectivity index (χ4n) is 3.76. The van der Waals surface area contributed by atoms with Crippen molar-refractivity contribution in [1.29, 1.82) is 0 Å². The zero-order valence-corrected chi connectivity index (χ0v) is 14.7. The molecule has 1 spiro atoms. The van der Waals surface area contributed by atoms with Gasteiger partial charge in [-0.1, -0.05) is 6.07 Å². The lowest BCUT2D eigenvalue weighted by Crippen LogP contribution is -2.60. The molecular weight excluding hydrogens is 324 g/mol. The highest BCUT2D eigenvalue weighted by Crippen LogP contribution is 2.46. The predicted octanol–water partition coefficient (Wildman–Crippen LogP) is 2.22. The molecule has 4 rings (SSSR count). The van der Waals surface area contributed by atoms with Crippen LogP contribution in [-0.2, 0) is 9.47 Å². The van der Waals surface area contributed by atoms with Gasteiger partial charge >= 0.3 is 0 Å². The molecule has 0 saturated carbocycles. The van der Waals surface area contributed by atoms with Crippen LogP contribution in [0, 0.1) is 5.92 Å². The van der Waals surface area contributed by atoms with Crippen LogP contribution in [0.1, 0.15) is 29.8 Å². The molecule has 5 nitrogen and oxygen atoms in total. The summed E-state index contributed by atoms with van der Waals surface area (Å²) in [6.45, 7) is 4.26. The van der Waals surface area contributed by atoms with Crippen molar-refractivity contribution in [2.24, 2.45) is 5.92 Å². The average Bonchev–Trinajstić information content (AvgIpc) is 3.04. The second-order valence-corrected chi connectivity index (χ2v) is 8.57. The first kappa shape index (κ1) is 16.4. The van der Waals surface area contributed by atoms with E-state index in [0.717, 1.165) is 57.9 Å². The maximum Gasteiger partial charge on any atom is 0.272 e. The molecule has 0 radical (unpaired) electrons. The number of aromatic nitrogens is 1. The number of nitrogens with zero attached hydrogens (tertiary/aromatic N) is 2. The second-order valence-electron chi connectivity index (χ2n) is 7.09. The van der Waals surface area contributed by atoms with E-state index in [4.69, 9.17) is 9.47 Å². The zero-order chi connectivity index (χ0) is 16.4. The van der Waals surface area contributed by atoms with Crippen LogP contribution in [0.5, 0.6) is 0 Å². The lowest BCUT2D eigenvalue weighted by atomic mass is 9.92. The number of ether oxygens (including phenoxy) is 2. The Morgan fingerprint density at radius 1 is 1.38 bits per heavy atom. The van der Waals surface area contributed by atoms with Crippen molar-refractivity contribution in [3.63, 3.8) is 0 Å². The van der Waals surface area contributed by atoms with E-state index in [0.29, 0.717) is 17.7 Å². The van der Waals surface area contributed by atoms with E-state index < -0.39 is 0 Å². The molecule has 0 N–H and O–H groups in total. The number of likely N-dealkylation sites (tertiary alicyclic amines) is 1. The molecule has 0 aromatic carbocycles. The molecule has 130 valence electrons. The first-order valence-electron chi connectivity index (χ1n) is 8.78. The van der Waals surface area contributed by atoms with Crippen molar-refractivity contribution >= 4 is 17.7 Å². The summed E-state index contributed by atoms with van der Waals surface area (Å²) in [5.74, 6) is 1.76. The molecule has 3 aliphatic rings. The number of pyridine rings is 1. The van der Waals surface area contributed by atoms with Crippen LogP contribution in [0.25, 0.3) is 0 Å². The van der Waals surface area contributed by atoms with Crippen molar-refractivity contribution < 1.29 is 14.3 Å². The van der Waals surface area contributed by atoms with Crippen LogP contribution in [-0.4, -0.2) is 65.3 Å². The quantitative estimate of drug-likeness (QED) is 0.835. The number of hydrogen-bond donors (Lipinski definition) is 0. The Labute approximate surface area is 147 Å². The molecule has 1 atom stereocenters. The first-order valence-corrected chi connectivity index (χ1v) is 9.76. The van der Waals surface area contributed by atoms with E-state index in [9.17, 15) is 4.79 Å². The normalized spacial score (nSPS) is 26.5. The SMILES string of the molecule is O=C(c1ccccn1)N1CC2(C[C@H](OCC3CCOCC3)CS2)C1. The van der Waals surface area contributed by atoms with Gasteiger partial charge in [0.2, 0.25) is 0 Å². The van der Waals surface area contributed by atoms with Gasteiger partial charge in [0.1, 0.15) is 5.69 Å². The molecular formula is C18H24N2O3S. The lowest BCUT2D eigenvalue weighted by molar-refractivity contribution is -0.0119. The molecule has 0 aliphatic carbocycles. The van der Waals surface area contributed by atoms with Gasteiger partial charge in [0.25, 0.3) is 5.91 Å². The monoisotopic (exact) mass is 348 g/mol. The minimum atomic E-state index is 0.0494. The predicted molar refractivity (Wildman–Crippen MR) is 93.2 cm³/mol. The third-order valence-corrected chi connectivity index (χ3v) is 6.79. The number of rotatable bonds is 4. The van der Waals surface area contributed by atoms with Gasteiger partial charge < -0.3 is 14.4 Å².